The maximum Gasteiger partial charge on any atom is 0.141 e. The molecule has 1 saturated heterocycles. The molecule has 1 N–H and O–H groups in total. The van der Waals surface area contributed by atoms with Gasteiger partial charge in [-0.15, -0.1) is 0 Å². The van der Waals surface area contributed by atoms with Crippen LogP contribution in [-0.4, -0.2) is 36.7 Å². The lowest BCUT2D eigenvalue weighted by Crippen LogP contribution is -2.31. The van der Waals surface area contributed by atoms with Crippen molar-refractivity contribution in [2.75, 3.05) is 19.0 Å². The van der Waals surface area contributed by atoms with Gasteiger partial charge in [0.15, 0.2) is 0 Å². The van der Waals surface area contributed by atoms with E-state index in [1.165, 1.54) is 31.4 Å². The first-order valence-corrected chi connectivity index (χ1v) is 7.34. The summed E-state index contributed by atoms with van der Waals surface area (Å²) < 4.78 is 5.45. The van der Waals surface area contributed by atoms with Crippen molar-refractivity contribution in [3.8, 4) is 5.75 Å². The Morgan fingerprint density at radius 3 is 2.79 bits per heavy atom. The van der Waals surface area contributed by atoms with Crippen molar-refractivity contribution in [3.63, 3.8) is 0 Å². The maximum atomic E-state index is 5.45. The molecule has 3 nitrogen and oxygen atoms in total. The molecule has 0 spiro atoms. The van der Waals surface area contributed by atoms with Crippen molar-refractivity contribution < 1.29 is 4.74 Å². The summed E-state index contributed by atoms with van der Waals surface area (Å²) in [5.74, 6) is 0.947. The third-order valence-electron chi connectivity index (χ3n) is 4.35. The molecule has 0 amide bonds. The van der Waals surface area contributed by atoms with E-state index < -0.39 is 0 Å². The molecule has 3 heteroatoms. The van der Waals surface area contributed by atoms with Gasteiger partial charge in [0.1, 0.15) is 5.75 Å². The number of likely N-dealkylation sites (tertiary alicyclic amines) is 1. The molecule has 19 heavy (non-hydrogen) atoms. The van der Waals surface area contributed by atoms with Gasteiger partial charge in [0.2, 0.25) is 0 Å². The zero-order chi connectivity index (χ0) is 13.4. The predicted molar refractivity (Wildman–Crippen MR) is 78.9 cm³/mol. The smallest absolute Gasteiger partial charge is 0.141 e. The number of hydrogen-bond acceptors (Lipinski definition) is 3. The number of anilines is 1. The standard InChI is InChI=1S/C16H24N2O/c1-11-4-7-16(19-3)15(8-11)17-13-9-12(2)18(10-13)14-5-6-14/h4,7-8,12-14,17H,5-6,9-10H2,1-3H3. The van der Waals surface area contributed by atoms with Gasteiger partial charge < -0.3 is 10.1 Å². The molecule has 1 heterocycles. The number of hydrogen-bond donors (Lipinski definition) is 1. The van der Waals surface area contributed by atoms with Gasteiger partial charge in [-0.2, -0.15) is 0 Å². The van der Waals surface area contributed by atoms with Crippen LogP contribution in [0.15, 0.2) is 18.2 Å². The Kier molecular flexibility index (Phi) is 3.40. The maximum absolute atomic E-state index is 5.45. The van der Waals surface area contributed by atoms with Gasteiger partial charge in [-0.05, 0) is 50.8 Å². The second-order valence-corrected chi connectivity index (χ2v) is 6.06. The summed E-state index contributed by atoms with van der Waals surface area (Å²) in [6.45, 7) is 5.65. The molecule has 1 aromatic rings. The molecule has 0 bridgehead atoms. The minimum Gasteiger partial charge on any atom is -0.495 e. The molecule has 1 saturated carbocycles. The van der Waals surface area contributed by atoms with E-state index in [2.05, 4.69) is 42.3 Å². The average Bonchev–Trinajstić information content (AvgIpc) is 3.15. The van der Waals surface area contributed by atoms with Crippen molar-refractivity contribution in [1.82, 2.24) is 4.90 Å². The molecule has 1 aliphatic carbocycles. The van der Waals surface area contributed by atoms with E-state index in [9.17, 15) is 0 Å². The second kappa shape index (κ2) is 5.04. The topological polar surface area (TPSA) is 24.5 Å². The van der Waals surface area contributed by atoms with Crippen molar-refractivity contribution in [2.24, 2.45) is 0 Å². The lowest BCUT2D eigenvalue weighted by molar-refractivity contribution is 0.257. The molecule has 1 aromatic carbocycles. The minimum absolute atomic E-state index is 0.547. The Morgan fingerprint density at radius 2 is 2.11 bits per heavy atom. The Hall–Kier alpha value is -1.22. The number of aryl methyl sites for hydroxylation is 1. The molecule has 2 fully saturated rings. The molecule has 1 aliphatic heterocycles. The molecule has 2 unspecified atom stereocenters. The molecule has 0 radical (unpaired) electrons. The van der Waals surface area contributed by atoms with Crippen molar-refractivity contribution in [3.05, 3.63) is 23.8 Å². The van der Waals surface area contributed by atoms with Crippen LogP contribution in [0.4, 0.5) is 5.69 Å². The Balaban J connectivity index is 1.70. The van der Waals surface area contributed by atoms with Crippen molar-refractivity contribution >= 4 is 5.69 Å². The summed E-state index contributed by atoms with van der Waals surface area (Å²) in [5.41, 5.74) is 2.41. The number of nitrogens with zero attached hydrogens (tertiary/aromatic N) is 1. The first-order chi connectivity index (χ1) is 9.17. The van der Waals surface area contributed by atoms with Gasteiger partial charge in [0.25, 0.3) is 0 Å². The third-order valence-corrected chi connectivity index (χ3v) is 4.35. The summed E-state index contributed by atoms with van der Waals surface area (Å²) in [4.78, 5) is 2.67. The summed E-state index contributed by atoms with van der Waals surface area (Å²) in [7, 11) is 1.74. The summed E-state index contributed by atoms with van der Waals surface area (Å²) >= 11 is 0. The lowest BCUT2D eigenvalue weighted by atomic mass is 10.1. The SMILES string of the molecule is COc1ccc(C)cc1NC1CC(C)N(C2CC2)C1. The Morgan fingerprint density at radius 1 is 1.32 bits per heavy atom. The monoisotopic (exact) mass is 260 g/mol. The quantitative estimate of drug-likeness (QED) is 0.900. The van der Waals surface area contributed by atoms with Gasteiger partial charge in [0.05, 0.1) is 12.8 Å². The first-order valence-electron chi connectivity index (χ1n) is 7.34. The van der Waals surface area contributed by atoms with Crippen LogP contribution in [0.25, 0.3) is 0 Å². The molecule has 3 rings (SSSR count). The second-order valence-electron chi connectivity index (χ2n) is 6.06. The molecule has 2 atom stereocenters. The number of nitrogens with one attached hydrogen (secondary N) is 1. The van der Waals surface area contributed by atoms with Gasteiger partial charge in [-0.1, -0.05) is 6.07 Å². The highest BCUT2D eigenvalue weighted by Gasteiger charge is 2.38. The van der Waals surface area contributed by atoms with Crippen LogP contribution >= 0.6 is 0 Å². The van der Waals surface area contributed by atoms with Crippen LogP contribution in [0, 0.1) is 6.92 Å². The lowest BCUT2D eigenvalue weighted by Gasteiger charge is -2.20. The van der Waals surface area contributed by atoms with E-state index in [0.29, 0.717) is 12.1 Å². The highest BCUT2D eigenvalue weighted by Crippen LogP contribution is 2.35. The Bertz CT molecular complexity index is 456. The van der Waals surface area contributed by atoms with E-state index in [-0.39, 0.29) is 0 Å². The largest absolute Gasteiger partial charge is 0.495 e. The van der Waals surface area contributed by atoms with Gasteiger partial charge in [-0.25, -0.2) is 0 Å². The van der Waals surface area contributed by atoms with Crippen molar-refractivity contribution in [2.45, 2.75) is 51.2 Å². The van der Waals surface area contributed by atoms with Gasteiger partial charge in [-0.3, -0.25) is 4.90 Å². The normalized spacial score (nSPS) is 27.5. The molecular formula is C16H24N2O. The number of ether oxygens (including phenoxy) is 1. The zero-order valence-electron chi connectivity index (χ0n) is 12.1. The fourth-order valence-corrected chi connectivity index (χ4v) is 3.23. The third kappa shape index (κ3) is 2.71. The van der Waals surface area contributed by atoms with E-state index in [1.807, 2.05) is 0 Å². The summed E-state index contributed by atoms with van der Waals surface area (Å²) in [6, 6.07) is 8.45. The van der Waals surface area contributed by atoms with Crippen LogP contribution in [0.1, 0.15) is 31.7 Å². The van der Waals surface area contributed by atoms with Crippen LogP contribution in [-0.2, 0) is 0 Å². The fraction of sp³-hybridized carbons (Fsp3) is 0.625. The number of rotatable bonds is 4. The average molecular weight is 260 g/mol. The zero-order valence-corrected chi connectivity index (χ0v) is 12.1. The minimum atomic E-state index is 0.547. The van der Waals surface area contributed by atoms with E-state index in [4.69, 9.17) is 4.74 Å². The van der Waals surface area contributed by atoms with Crippen LogP contribution in [0.2, 0.25) is 0 Å². The Labute approximate surface area is 115 Å². The van der Waals surface area contributed by atoms with E-state index in [1.54, 1.807) is 7.11 Å². The van der Waals surface area contributed by atoms with Gasteiger partial charge in [0, 0.05) is 24.7 Å². The van der Waals surface area contributed by atoms with Gasteiger partial charge >= 0.3 is 0 Å². The van der Waals surface area contributed by atoms with E-state index >= 15 is 0 Å². The number of methoxy groups -OCH3 is 1. The summed E-state index contributed by atoms with van der Waals surface area (Å²) in [5, 5.41) is 3.68. The van der Waals surface area contributed by atoms with Crippen LogP contribution < -0.4 is 10.1 Å². The summed E-state index contributed by atoms with van der Waals surface area (Å²) in [6.07, 6.45) is 4.02. The first kappa shape index (κ1) is 12.8. The van der Waals surface area contributed by atoms with Crippen LogP contribution in [0.3, 0.4) is 0 Å². The van der Waals surface area contributed by atoms with E-state index in [0.717, 1.165) is 17.5 Å². The fourth-order valence-electron chi connectivity index (χ4n) is 3.23. The molecule has 0 aromatic heterocycles. The molecule has 2 aliphatic rings. The highest BCUT2D eigenvalue weighted by atomic mass is 16.5. The van der Waals surface area contributed by atoms with Crippen molar-refractivity contribution in [1.29, 1.82) is 0 Å². The molecular weight excluding hydrogens is 236 g/mol. The van der Waals surface area contributed by atoms with Crippen LogP contribution in [0.5, 0.6) is 5.75 Å². The number of benzene rings is 1. The predicted octanol–water partition coefficient (Wildman–Crippen LogP) is 3.04. The molecule has 104 valence electrons. The highest BCUT2D eigenvalue weighted by molar-refractivity contribution is 5.58.